The van der Waals surface area contributed by atoms with Gasteiger partial charge in [0.1, 0.15) is 0 Å². The molecule has 0 spiro atoms. The minimum absolute atomic E-state index is 1.11. The molecule has 0 unspecified atom stereocenters. The SMILES string of the molecule is C/C=C\C(=C/C)CCCCCCc1cccc(-c2cccc(-c3cccc(Br)c3)c2)c1. The van der Waals surface area contributed by atoms with E-state index in [1.54, 1.807) is 0 Å². The predicted molar refractivity (Wildman–Crippen MR) is 140 cm³/mol. The Balaban J connectivity index is 1.56. The average molecular weight is 473 g/mol. The molecular weight excluding hydrogens is 440 g/mol. The maximum absolute atomic E-state index is 3.58. The fourth-order valence-electron chi connectivity index (χ4n) is 4.00. The number of rotatable bonds is 10. The molecule has 31 heavy (non-hydrogen) atoms. The first-order chi connectivity index (χ1) is 15.2. The summed E-state index contributed by atoms with van der Waals surface area (Å²) in [6.07, 6.45) is 14.1. The molecule has 0 aliphatic carbocycles. The van der Waals surface area contributed by atoms with Crippen LogP contribution in [0.25, 0.3) is 22.3 Å². The third-order valence-electron chi connectivity index (χ3n) is 5.71. The van der Waals surface area contributed by atoms with Crippen LogP contribution >= 0.6 is 15.9 Å². The lowest BCUT2D eigenvalue weighted by molar-refractivity contribution is 0.641. The van der Waals surface area contributed by atoms with Crippen molar-refractivity contribution >= 4 is 15.9 Å². The van der Waals surface area contributed by atoms with Crippen molar-refractivity contribution in [2.75, 3.05) is 0 Å². The second-order valence-corrected chi connectivity index (χ2v) is 8.99. The number of halogens is 1. The summed E-state index contributed by atoms with van der Waals surface area (Å²) < 4.78 is 1.11. The van der Waals surface area contributed by atoms with Gasteiger partial charge in [0.25, 0.3) is 0 Å². The van der Waals surface area contributed by atoms with Crippen molar-refractivity contribution in [2.24, 2.45) is 0 Å². The van der Waals surface area contributed by atoms with Crippen LogP contribution in [0.15, 0.2) is 101 Å². The van der Waals surface area contributed by atoms with E-state index >= 15 is 0 Å². The van der Waals surface area contributed by atoms with Gasteiger partial charge in [0.05, 0.1) is 0 Å². The van der Waals surface area contributed by atoms with Crippen LogP contribution in [0.3, 0.4) is 0 Å². The summed E-state index contributed by atoms with van der Waals surface area (Å²) >= 11 is 3.58. The smallest absolute Gasteiger partial charge is 0.0181 e. The Morgan fingerprint density at radius 2 is 1.32 bits per heavy atom. The highest BCUT2D eigenvalue weighted by molar-refractivity contribution is 9.10. The van der Waals surface area contributed by atoms with Crippen LogP contribution in [-0.2, 0) is 6.42 Å². The quantitative estimate of drug-likeness (QED) is 0.203. The average Bonchev–Trinajstić information content (AvgIpc) is 2.81. The van der Waals surface area contributed by atoms with Crippen molar-refractivity contribution in [3.63, 3.8) is 0 Å². The summed E-state index contributed by atoms with van der Waals surface area (Å²) in [5.74, 6) is 0. The Labute approximate surface area is 196 Å². The molecule has 3 aromatic carbocycles. The van der Waals surface area contributed by atoms with Crippen LogP contribution in [0, 0.1) is 0 Å². The van der Waals surface area contributed by atoms with Crippen molar-refractivity contribution in [2.45, 2.75) is 52.4 Å². The first kappa shape index (κ1) is 23.3. The van der Waals surface area contributed by atoms with Crippen LogP contribution in [-0.4, -0.2) is 0 Å². The van der Waals surface area contributed by atoms with E-state index in [0.29, 0.717) is 0 Å². The first-order valence-electron chi connectivity index (χ1n) is 11.4. The monoisotopic (exact) mass is 472 g/mol. The van der Waals surface area contributed by atoms with Crippen molar-refractivity contribution in [1.82, 2.24) is 0 Å². The second kappa shape index (κ2) is 12.5. The Bertz CT molecular complexity index is 1030. The third kappa shape index (κ3) is 7.36. The zero-order valence-electron chi connectivity index (χ0n) is 18.8. The molecule has 0 bridgehead atoms. The van der Waals surface area contributed by atoms with Crippen LogP contribution in [0.4, 0.5) is 0 Å². The minimum Gasteiger partial charge on any atom is -0.0874 e. The molecule has 0 saturated heterocycles. The largest absolute Gasteiger partial charge is 0.0874 e. The van der Waals surface area contributed by atoms with E-state index in [1.807, 2.05) is 0 Å². The maximum atomic E-state index is 3.58. The predicted octanol–water partition coefficient (Wildman–Crippen LogP) is 9.80. The van der Waals surface area contributed by atoms with Gasteiger partial charge in [-0.3, -0.25) is 0 Å². The number of aryl methyl sites for hydroxylation is 1. The summed E-state index contributed by atoms with van der Waals surface area (Å²) in [5, 5.41) is 0. The summed E-state index contributed by atoms with van der Waals surface area (Å²) in [6.45, 7) is 4.23. The molecule has 0 amide bonds. The molecule has 0 saturated carbocycles. The van der Waals surface area contributed by atoms with Gasteiger partial charge in [-0.25, -0.2) is 0 Å². The van der Waals surface area contributed by atoms with Gasteiger partial charge in [-0.05, 0) is 85.5 Å². The number of benzene rings is 3. The zero-order valence-corrected chi connectivity index (χ0v) is 20.4. The molecular formula is C30H33Br. The zero-order chi connectivity index (χ0) is 21.9. The molecule has 0 heterocycles. The van der Waals surface area contributed by atoms with E-state index in [1.165, 1.54) is 65.5 Å². The Kier molecular flexibility index (Phi) is 9.37. The van der Waals surface area contributed by atoms with Gasteiger partial charge in [-0.2, -0.15) is 0 Å². The van der Waals surface area contributed by atoms with Gasteiger partial charge in [-0.15, -0.1) is 0 Å². The molecule has 0 aliphatic rings. The highest BCUT2D eigenvalue weighted by atomic mass is 79.9. The van der Waals surface area contributed by atoms with Crippen LogP contribution in [0.5, 0.6) is 0 Å². The van der Waals surface area contributed by atoms with Gasteiger partial charge in [0, 0.05) is 4.47 Å². The molecule has 0 atom stereocenters. The standard InChI is InChI=1S/C30H33Br/c1-3-12-24(4-2)13-7-5-6-8-14-25-15-9-16-26(21-25)27-17-10-18-28(22-27)29-19-11-20-30(31)23-29/h3-4,9-12,15-23H,5-8,13-14H2,1-2H3/b12-3-,24-4+. The van der Waals surface area contributed by atoms with Crippen LogP contribution in [0.1, 0.15) is 51.5 Å². The van der Waals surface area contributed by atoms with Crippen molar-refractivity contribution < 1.29 is 0 Å². The van der Waals surface area contributed by atoms with Gasteiger partial charge >= 0.3 is 0 Å². The van der Waals surface area contributed by atoms with E-state index in [0.717, 1.165) is 10.9 Å². The Morgan fingerprint density at radius 1 is 0.710 bits per heavy atom. The van der Waals surface area contributed by atoms with Gasteiger partial charge in [-0.1, -0.05) is 107 Å². The molecule has 0 fully saturated rings. The van der Waals surface area contributed by atoms with Crippen molar-refractivity contribution in [1.29, 1.82) is 0 Å². The minimum atomic E-state index is 1.11. The number of hydrogen-bond donors (Lipinski definition) is 0. The lowest BCUT2D eigenvalue weighted by Crippen LogP contribution is -1.89. The topological polar surface area (TPSA) is 0 Å². The van der Waals surface area contributed by atoms with E-state index < -0.39 is 0 Å². The van der Waals surface area contributed by atoms with Crippen LogP contribution < -0.4 is 0 Å². The number of allylic oxidation sites excluding steroid dienone is 4. The molecule has 3 rings (SSSR count). The third-order valence-corrected chi connectivity index (χ3v) is 6.21. The van der Waals surface area contributed by atoms with E-state index in [4.69, 9.17) is 0 Å². The molecule has 0 nitrogen and oxygen atoms in total. The lowest BCUT2D eigenvalue weighted by Gasteiger charge is -2.09. The lowest BCUT2D eigenvalue weighted by atomic mass is 9.96. The summed E-state index contributed by atoms with van der Waals surface area (Å²) in [5.41, 5.74) is 7.97. The molecule has 160 valence electrons. The van der Waals surface area contributed by atoms with E-state index in [2.05, 4.69) is 121 Å². The number of hydrogen-bond acceptors (Lipinski definition) is 0. The highest BCUT2D eigenvalue weighted by Crippen LogP contribution is 2.28. The van der Waals surface area contributed by atoms with Crippen molar-refractivity contribution in [3.8, 4) is 22.3 Å². The normalized spacial score (nSPS) is 11.9. The van der Waals surface area contributed by atoms with Crippen molar-refractivity contribution in [3.05, 3.63) is 107 Å². The highest BCUT2D eigenvalue weighted by Gasteiger charge is 2.04. The second-order valence-electron chi connectivity index (χ2n) is 8.07. The van der Waals surface area contributed by atoms with Gasteiger partial charge in [0.2, 0.25) is 0 Å². The summed E-state index contributed by atoms with van der Waals surface area (Å²) in [7, 11) is 0. The Morgan fingerprint density at radius 3 is 2.00 bits per heavy atom. The van der Waals surface area contributed by atoms with Crippen LogP contribution in [0.2, 0.25) is 0 Å². The first-order valence-corrected chi connectivity index (χ1v) is 12.2. The summed E-state index contributed by atoms with van der Waals surface area (Å²) in [4.78, 5) is 0. The molecule has 0 radical (unpaired) electrons. The number of unbranched alkanes of at least 4 members (excludes halogenated alkanes) is 3. The van der Waals surface area contributed by atoms with Gasteiger partial charge in [0.15, 0.2) is 0 Å². The summed E-state index contributed by atoms with van der Waals surface area (Å²) in [6, 6.07) is 26.4. The maximum Gasteiger partial charge on any atom is 0.0181 e. The molecule has 0 aromatic heterocycles. The fourth-order valence-corrected chi connectivity index (χ4v) is 4.40. The molecule has 1 heteroatoms. The van der Waals surface area contributed by atoms with E-state index in [9.17, 15) is 0 Å². The Hall–Kier alpha value is -2.38. The fraction of sp³-hybridized carbons (Fsp3) is 0.267. The molecule has 3 aromatic rings. The van der Waals surface area contributed by atoms with Gasteiger partial charge < -0.3 is 0 Å². The van der Waals surface area contributed by atoms with E-state index in [-0.39, 0.29) is 0 Å². The molecule has 0 N–H and O–H groups in total. The molecule has 0 aliphatic heterocycles.